The van der Waals surface area contributed by atoms with Crippen molar-refractivity contribution in [2.45, 2.75) is 59.3 Å². The minimum atomic E-state index is 0.154. The summed E-state index contributed by atoms with van der Waals surface area (Å²) >= 11 is 0. The molecule has 106 valence electrons. The summed E-state index contributed by atoms with van der Waals surface area (Å²) in [7, 11) is 0. The third-order valence-corrected chi connectivity index (χ3v) is 4.37. The first-order chi connectivity index (χ1) is 8.51. The molecule has 0 aromatic rings. The first kappa shape index (κ1) is 15.5. The largest absolute Gasteiger partial charge is 0.396 e. The molecule has 2 unspecified atom stereocenters. The van der Waals surface area contributed by atoms with E-state index >= 15 is 0 Å². The quantitative estimate of drug-likeness (QED) is 0.735. The van der Waals surface area contributed by atoms with E-state index in [1.807, 2.05) is 0 Å². The number of aliphatic hydroxyl groups excluding tert-OH is 1. The Labute approximate surface area is 111 Å². The van der Waals surface area contributed by atoms with E-state index in [0.29, 0.717) is 5.92 Å². The number of carbonyl (C=O) groups excluding carboxylic acids is 1. The average molecular weight is 255 g/mol. The molecule has 2 atom stereocenters. The van der Waals surface area contributed by atoms with Gasteiger partial charge in [-0.3, -0.25) is 4.79 Å². The van der Waals surface area contributed by atoms with E-state index in [-0.39, 0.29) is 23.8 Å². The molecule has 0 aromatic carbocycles. The van der Waals surface area contributed by atoms with Crippen LogP contribution in [0.3, 0.4) is 0 Å². The lowest BCUT2D eigenvalue weighted by Crippen LogP contribution is -2.38. The Kier molecular flexibility index (Phi) is 6.13. The Bertz CT molecular complexity index is 257. The van der Waals surface area contributed by atoms with Crippen molar-refractivity contribution in [1.82, 2.24) is 5.32 Å². The van der Waals surface area contributed by atoms with Gasteiger partial charge in [0.2, 0.25) is 5.91 Å². The van der Waals surface area contributed by atoms with Crippen LogP contribution >= 0.6 is 0 Å². The molecule has 3 nitrogen and oxygen atoms in total. The molecule has 1 amide bonds. The van der Waals surface area contributed by atoms with Crippen LogP contribution in [-0.2, 0) is 4.79 Å². The van der Waals surface area contributed by atoms with Crippen LogP contribution < -0.4 is 5.32 Å². The molecule has 0 heterocycles. The second kappa shape index (κ2) is 7.13. The molecule has 2 N–H and O–H groups in total. The van der Waals surface area contributed by atoms with Crippen molar-refractivity contribution in [3.8, 4) is 0 Å². The standard InChI is InChI=1S/C15H29NO2/c1-4-6-12(8-10-17)11-16-14(18)13-7-5-9-15(13,2)3/h12-13,17H,4-11H2,1-3H3,(H,16,18). The van der Waals surface area contributed by atoms with E-state index in [1.54, 1.807) is 0 Å². The minimum Gasteiger partial charge on any atom is -0.396 e. The monoisotopic (exact) mass is 255 g/mol. The molecule has 1 saturated carbocycles. The molecule has 3 heteroatoms. The molecule has 1 aliphatic carbocycles. The summed E-state index contributed by atoms with van der Waals surface area (Å²) in [6.45, 7) is 7.48. The van der Waals surface area contributed by atoms with Gasteiger partial charge in [-0.2, -0.15) is 0 Å². The normalized spacial score (nSPS) is 23.9. The summed E-state index contributed by atoms with van der Waals surface area (Å²) in [5, 5.41) is 12.1. The molecular weight excluding hydrogens is 226 g/mol. The number of amides is 1. The molecule has 0 radical (unpaired) electrons. The molecule has 0 aromatic heterocycles. The highest BCUT2D eigenvalue weighted by molar-refractivity contribution is 5.79. The smallest absolute Gasteiger partial charge is 0.223 e. The van der Waals surface area contributed by atoms with Gasteiger partial charge in [-0.25, -0.2) is 0 Å². The number of nitrogens with one attached hydrogen (secondary N) is 1. The number of hydrogen-bond donors (Lipinski definition) is 2. The molecule has 1 fully saturated rings. The van der Waals surface area contributed by atoms with Crippen LogP contribution in [0.25, 0.3) is 0 Å². The van der Waals surface area contributed by atoms with E-state index < -0.39 is 0 Å². The van der Waals surface area contributed by atoms with Crippen LogP contribution in [0.4, 0.5) is 0 Å². The van der Waals surface area contributed by atoms with Crippen LogP contribution in [0.5, 0.6) is 0 Å². The summed E-state index contributed by atoms with van der Waals surface area (Å²) in [6, 6.07) is 0. The highest BCUT2D eigenvalue weighted by atomic mass is 16.3. The van der Waals surface area contributed by atoms with Crippen molar-refractivity contribution in [3.05, 3.63) is 0 Å². The van der Waals surface area contributed by atoms with Crippen molar-refractivity contribution in [2.75, 3.05) is 13.2 Å². The maximum atomic E-state index is 12.2. The molecule has 0 bridgehead atoms. The lowest BCUT2D eigenvalue weighted by Gasteiger charge is -2.26. The minimum absolute atomic E-state index is 0.154. The Hall–Kier alpha value is -0.570. The summed E-state index contributed by atoms with van der Waals surface area (Å²) in [5.74, 6) is 0.818. The predicted molar refractivity (Wildman–Crippen MR) is 74.2 cm³/mol. The third-order valence-electron chi connectivity index (χ3n) is 4.37. The van der Waals surface area contributed by atoms with Crippen LogP contribution in [0, 0.1) is 17.3 Å². The third kappa shape index (κ3) is 4.27. The Balaban J connectivity index is 2.39. The summed E-state index contributed by atoms with van der Waals surface area (Å²) in [6.07, 6.45) is 6.32. The van der Waals surface area contributed by atoms with Gasteiger partial charge in [0, 0.05) is 19.1 Å². The summed E-state index contributed by atoms with van der Waals surface area (Å²) < 4.78 is 0. The second-order valence-electron chi connectivity index (χ2n) is 6.35. The van der Waals surface area contributed by atoms with E-state index in [4.69, 9.17) is 5.11 Å². The lowest BCUT2D eigenvalue weighted by atomic mass is 9.81. The predicted octanol–water partition coefficient (Wildman–Crippen LogP) is 2.73. The summed E-state index contributed by atoms with van der Waals surface area (Å²) in [4.78, 5) is 12.2. The van der Waals surface area contributed by atoms with Crippen LogP contribution in [0.15, 0.2) is 0 Å². The van der Waals surface area contributed by atoms with Crippen LogP contribution in [-0.4, -0.2) is 24.2 Å². The van der Waals surface area contributed by atoms with Crippen molar-refractivity contribution in [1.29, 1.82) is 0 Å². The van der Waals surface area contributed by atoms with E-state index in [1.165, 1.54) is 6.42 Å². The van der Waals surface area contributed by atoms with E-state index in [2.05, 4.69) is 26.1 Å². The molecule has 1 rings (SSSR count). The summed E-state index contributed by atoms with van der Waals surface area (Å²) in [5.41, 5.74) is 0.154. The number of aliphatic hydroxyl groups is 1. The van der Waals surface area contributed by atoms with Gasteiger partial charge in [0.15, 0.2) is 0 Å². The molecular formula is C15H29NO2. The second-order valence-corrected chi connectivity index (χ2v) is 6.35. The van der Waals surface area contributed by atoms with Gasteiger partial charge in [-0.1, -0.05) is 33.6 Å². The zero-order chi connectivity index (χ0) is 13.6. The fourth-order valence-electron chi connectivity index (χ4n) is 3.12. The first-order valence-corrected chi connectivity index (χ1v) is 7.39. The van der Waals surface area contributed by atoms with Crippen LogP contribution in [0.2, 0.25) is 0 Å². The zero-order valence-corrected chi connectivity index (χ0v) is 12.2. The van der Waals surface area contributed by atoms with Gasteiger partial charge in [0.05, 0.1) is 0 Å². The number of hydrogen-bond acceptors (Lipinski definition) is 2. The van der Waals surface area contributed by atoms with Crippen molar-refractivity contribution in [3.63, 3.8) is 0 Å². The Morgan fingerprint density at radius 1 is 1.44 bits per heavy atom. The van der Waals surface area contributed by atoms with E-state index in [9.17, 15) is 4.79 Å². The number of rotatable bonds is 7. The maximum Gasteiger partial charge on any atom is 0.223 e. The van der Waals surface area contributed by atoms with Gasteiger partial charge >= 0.3 is 0 Å². The van der Waals surface area contributed by atoms with Gasteiger partial charge in [0.1, 0.15) is 0 Å². The zero-order valence-electron chi connectivity index (χ0n) is 12.2. The van der Waals surface area contributed by atoms with Gasteiger partial charge in [0.25, 0.3) is 0 Å². The fourth-order valence-corrected chi connectivity index (χ4v) is 3.12. The van der Waals surface area contributed by atoms with Crippen molar-refractivity contribution in [2.24, 2.45) is 17.3 Å². The number of carbonyl (C=O) groups is 1. The Morgan fingerprint density at radius 3 is 2.67 bits per heavy atom. The molecule has 0 spiro atoms. The molecule has 1 aliphatic rings. The SMILES string of the molecule is CCCC(CCO)CNC(=O)C1CCCC1(C)C. The first-order valence-electron chi connectivity index (χ1n) is 7.39. The molecule has 18 heavy (non-hydrogen) atoms. The van der Waals surface area contributed by atoms with Crippen LogP contribution in [0.1, 0.15) is 59.3 Å². The highest BCUT2D eigenvalue weighted by Gasteiger charge is 2.39. The lowest BCUT2D eigenvalue weighted by molar-refractivity contribution is -0.127. The topological polar surface area (TPSA) is 49.3 Å². The Morgan fingerprint density at radius 2 is 2.17 bits per heavy atom. The average Bonchev–Trinajstić information content (AvgIpc) is 2.66. The molecule has 0 aliphatic heterocycles. The van der Waals surface area contributed by atoms with Crippen molar-refractivity contribution < 1.29 is 9.90 Å². The van der Waals surface area contributed by atoms with Gasteiger partial charge in [-0.15, -0.1) is 0 Å². The molecule has 0 saturated heterocycles. The fraction of sp³-hybridized carbons (Fsp3) is 0.933. The van der Waals surface area contributed by atoms with Gasteiger partial charge < -0.3 is 10.4 Å². The van der Waals surface area contributed by atoms with Crippen molar-refractivity contribution >= 4 is 5.91 Å². The van der Waals surface area contributed by atoms with E-state index in [0.717, 1.165) is 38.6 Å². The maximum absolute atomic E-state index is 12.2. The highest BCUT2D eigenvalue weighted by Crippen LogP contribution is 2.42. The van der Waals surface area contributed by atoms with Gasteiger partial charge in [-0.05, 0) is 37.0 Å².